The monoisotopic (exact) mass is 285 g/mol. The van der Waals surface area contributed by atoms with Crippen molar-refractivity contribution >= 4 is 5.82 Å². The molecule has 3 heteroatoms. The lowest BCUT2D eigenvalue weighted by Gasteiger charge is -2.10. The molecule has 21 heavy (non-hydrogen) atoms. The predicted molar refractivity (Wildman–Crippen MR) is 90.3 cm³/mol. The van der Waals surface area contributed by atoms with Crippen LogP contribution in [0, 0.1) is 5.92 Å². The van der Waals surface area contributed by atoms with Crippen molar-refractivity contribution in [1.82, 2.24) is 9.78 Å². The molecule has 0 saturated heterocycles. The Labute approximate surface area is 128 Å². The summed E-state index contributed by atoms with van der Waals surface area (Å²) in [6.07, 6.45) is 2.13. The Bertz CT molecular complexity index is 594. The van der Waals surface area contributed by atoms with Gasteiger partial charge in [0.05, 0.1) is 5.69 Å². The summed E-state index contributed by atoms with van der Waals surface area (Å²) in [5.74, 6) is 1.92. The van der Waals surface area contributed by atoms with Gasteiger partial charge in [-0.25, -0.2) is 0 Å². The minimum atomic E-state index is 0.546. The van der Waals surface area contributed by atoms with Gasteiger partial charge in [-0.3, -0.25) is 4.68 Å². The van der Waals surface area contributed by atoms with Gasteiger partial charge in [-0.1, -0.05) is 58.4 Å². The highest BCUT2D eigenvalue weighted by Crippen LogP contribution is 2.32. The molecule has 0 amide bonds. The molecule has 2 aromatic rings. The van der Waals surface area contributed by atoms with Crippen LogP contribution in [0.5, 0.6) is 0 Å². The maximum absolute atomic E-state index is 6.25. The van der Waals surface area contributed by atoms with Crippen LogP contribution in [0.4, 0.5) is 5.82 Å². The van der Waals surface area contributed by atoms with Crippen molar-refractivity contribution < 1.29 is 0 Å². The van der Waals surface area contributed by atoms with Gasteiger partial charge in [0, 0.05) is 12.6 Å². The summed E-state index contributed by atoms with van der Waals surface area (Å²) in [5.41, 5.74) is 11.0. The first kappa shape index (κ1) is 15.6. The van der Waals surface area contributed by atoms with E-state index in [0.29, 0.717) is 11.8 Å². The highest BCUT2D eigenvalue weighted by Gasteiger charge is 2.17. The summed E-state index contributed by atoms with van der Waals surface area (Å²) < 4.78 is 1.80. The Morgan fingerprint density at radius 2 is 1.76 bits per heavy atom. The van der Waals surface area contributed by atoms with Crippen LogP contribution < -0.4 is 5.73 Å². The van der Waals surface area contributed by atoms with E-state index in [1.165, 1.54) is 11.1 Å². The standard InChI is InChI=1S/C18H27N3/c1-6-13(4)11-16-17(18(19)21(5)20-16)15-9-7-14(8-10-15)12(2)3/h7-10,12-13H,6,11,19H2,1-5H3. The molecule has 2 N–H and O–H groups in total. The van der Waals surface area contributed by atoms with E-state index >= 15 is 0 Å². The van der Waals surface area contributed by atoms with Crippen LogP contribution in [-0.4, -0.2) is 9.78 Å². The van der Waals surface area contributed by atoms with Crippen molar-refractivity contribution in [3.05, 3.63) is 35.5 Å². The zero-order valence-electron chi connectivity index (χ0n) is 13.9. The summed E-state index contributed by atoms with van der Waals surface area (Å²) in [4.78, 5) is 0. The molecule has 1 unspecified atom stereocenters. The number of anilines is 1. The molecule has 0 radical (unpaired) electrons. The number of rotatable bonds is 5. The Kier molecular flexibility index (Phi) is 4.71. The highest BCUT2D eigenvalue weighted by atomic mass is 15.3. The molecule has 2 rings (SSSR count). The third-order valence-corrected chi connectivity index (χ3v) is 4.27. The molecule has 0 aliphatic rings. The lowest BCUT2D eigenvalue weighted by atomic mass is 9.95. The van der Waals surface area contributed by atoms with Crippen LogP contribution in [-0.2, 0) is 13.5 Å². The zero-order valence-corrected chi connectivity index (χ0v) is 13.9. The molecule has 0 bridgehead atoms. The molecule has 114 valence electrons. The molecule has 0 aliphatic carbocycles. The van der Waals surface area contributed by atoms with Gasteiger partial charge in [-0.15, -0.1) is 0 Å². The van der Waals surface area contributed by atoms with Gasteiger partial charge in [-0.2, -0.15) is 5.10 Å². The van der Waals surface area contributed by atoms with Crippen LogP contribution >= 0.6 is 0 Å². The van der Waals surface area contributed by atoms with Crippen molar-refractivity contribution in [1.29, 1.82) is 0 Å². The number of aromatic nitrogens is 2. The minimum absolute atomic E-state index is 0.546. The molecule has 1 aromatic carbocycles. The molecule has 1 atom stereocenters. The van der Waals surface area contributed by atoms with Crippen LogP contribution in [0.15, 0.2) is 24.3 Å². The van der Waals surface area contributed by atoms with Gasteiger partial charge >= 0.3 is 0 Å². The van der Waals surface area contributed by atoms with E-state index in [1.54, 1.807) is 4.68 Å². The second kappa shape index (κ2) is 6.33. The zero-order chi connectivity index (χ0) is 15.6. The first-order chi connectivity index (χ1) is 9.93. The van der Waals surface area contributed by atoms with Crippen LogP contribution in [0.2, 0.25) is 0 Å². The Hall–Kier alpha value is -1.77. The van der Waals surface area contributed by atoms with Crippen molar-refractivity contribution in [2.24, 2.45) is 13.0 Å². The molecular formula is C18H27N3. The number of hydrogen-bond donors (Lipinski definition) is 1. The number of nitrogens with two attached hydrogens (primary N) is 1. The Balaban J connectivity index is 2.42. The summed E-state index contributed by atoms with van der Waals surface area (Å²) >= 11 is 0. The van der Waals surface area contributed by atoms with Crippen LogP contribution in [0.3, 0.4) is 0 Å². The van der Waals surface area contributed by atoms with E-state index in [2.05, 4.69) is 57.1 Å². The smallest absolute Gasteiger partial charge is 0.129 e. The largest absolute Gasteiger partial charge is 0.383 e. The van der Waals surface area contributed by atoms with Gasteiger partial charge in [0.2, 0.25) is 0 Å². The second-order valence-corrected chi connectivity index (χ2v) is 6.32. The van der Waals surface area contributed by atoms with Gasteiger partial charge < -0.3 is 5.73 Å². The molecule has 0 spiro atoms. The second-order valence-electron chi connectivity index (χ2n) is 6.32. The average molecular weight is 285 g/mol. The third-order valence-electron chi connectivity index (χ3n) is 4.27. The van der Waals surface area contributed by atoms with E-state index in [9.17, 15) is 0 Å². The van der Waals surface area contributed by atoms with Crippen LogP contribution in [0.1, 0.15) is 51.3 Å². The SMILES string of the molecule is CCC(C)Cc1nn(C)c(N)c1-c1ccc(C(C)C)cc1. The number of aryl methyl sites for hydroxylation is 1. The predicted octanol–water partition coefficient (Wildman–Crippen LogP) is 4.38. The maximum atomic E-state index is 6.25. The lowest BCUT2D eigenvalue weighted by molar-refractivity contribution is 0.547. The average Bonchev–Trinajstić information content (AvgIpc) is 2.73. The Morgan fingerprint density at radius 1 is 1.14 bits per heavy atom. The lowest BCUT2D eigenvalue weighted by Crippen LogP contribution is -2.00. The molecule has 0 aliphatic heterocycles. The first-order valence-corrected chi connectivity index (χ1v) is 7.85. The number of benzene rings is 1. The highest BCUT2D eigenvalue weighted by molar-refractivity contribution is 5.76. The molecule has 0 saturated carbocycles. The number of nitrogens with zero attached hydrogens (tertiary/aromatic N) is 2. The number of hydrogen-bond acceptors (Lipinski definition) is 2. The summed E-state index contributed by atoms with van der Waals surface area (Å²) in [6.45, 7) is 8.90. The van der Waals surface area contributed by atoms with Gasteiger partial charge in [-0.05, 0) is 29.4 Å². The van der Waals surface area contributed by atoms with E-state index in [4.69, 9.17) is 5.73 Å². The molecule has 1 heterocycles. The topological polar surface area (TPSA) is 43.8 Å². The van der Waals surface area contributed by atoms with E-state index in [1.807, 2.05) is 7.05 Å². The molecule has 1 aromatic heterocycles. The molecular weight excluding hydrogens is 258 g/mol. The molecule has 0 fully saturated rings. The number of nitrogen functional groups attached to an aromatic ring is 1. The summed E-state index contributed by atoms with van der Waals surface area (Å²) in [6, 6.07) is 8.73. The fourth-order valence-electron chi connectivity index (χ4n) is 2.56. The first-order valence-electron chi connectivity index (χ1n) is 7.85. The fourth-order valence-corrected chi connectivity index (χ4v) is 2.56. The van der Waals surface area contributed by atoms with Crippen molar-refractivity contribution in [3.63, 3.8) is 0 Å². The van der Waals surface area contributed by atoms with Crippen molar-refractivity contribution in [2.75, 3.05) is 5.73 Å². The van der Waals surface area contributed by atoms with Crippen molar-refractivity contribution in [3.8, 4) is 11.1 Å². The normalized spacial score (nSPS) is 12.9. The van der Waals surface area contributed by atoms with Crippen LogP contribution in [0.25, 0.3) is 11.1 Å². The van der Waals surface area contributed by atoms with E-state index in [-0.39, 0.29) is 0 Å². The Morgan fingerprint density at radius 3 is 2.29 bits per heavy atom. The summed E-state index contributed by atoms with van der Waals surface area (Å²) in [5, 5.41) is 4.62. The fraction of sp³-hybridized carbons (Fsp3) is 0.500. The van der Waals surface area contributed by atoms with E-state index < -0.39 is 0 Å². The van der Waals surface area contributed by atoms with Gasteiger partial charge in [0.15, 0.2) is 0 Å². The quantitative estimate of drug-likeness (QED) is 0.886. The maximum Gasteiger partial charge on any atom is 0.129 e. The third kappa shape index (κ3) is 3.29. The van der Waals surface area contributed by atoms with Gasteiger partial charge in [0.1, 0.15) is 5.82 Å². The van der Waals surface area contributed by atoms with Crippen molar-refractivity contribution in [2.45, 2.75) is 46.5 Å². The van der Waals surface area contributed by atoms with Gasteiger partial charge in [0.25, 0.3) is 0 Å². The summed E-state index contributed by atoms with van der Waals surface area (Å²) in [7, 11) is 1.92. The van der Waals surface area contributed by atoms with E-state index in [0.717, 1.165) is 29.9 Å². The molecule has 3 nitrogen and oxygen atoms in total. The minimum Gasteiger partial charge on any atom is -0.383 e.